The highest BCUT2D eigenvalue weighted by Gasteiger charge is 2.10. The van der Waals surface area contributed by atoms with Gasteiger partial charge in [-0.2, -0.15) is 9.97 Å². The second-order valence-electron chi connectivity index (χ2n) is 4.16. The molecule has 5 heteroatoms. The molecule has 3 N–H and O–H groups in total. The predicted octanol–water partition coefficient (Wildman–Crippen LogP) is 2.34. The first kappa shape index (κ1) is 10.6. The van der Waals surface area contributed by atoms with Crippen LogP contribution in [0, 0.1) is 6.92 Å². The number of hydrogen-bond acceptors (Lipinski definition) is 4. The predicted molar refractivity (Wildman–Crippen MR) is 67.4 cm³/mol. The van der Waals surface area contributed by atoms with E-state index in [4.69, 9.17) is 0 Å². The van der Waals surface area contributed by atoms with Crippen molar-refractivity contribution in [3.8, 4) is 23.1 Å². The first-order valence-electron chi connectivity index (χ1n) is 5.49. The Balaban J connectivity index is 2.22. The summed E-state index contributed by atoms with van der Waals surface area (Å²) in [5, 5.41) is 18.9. The number of hydrogen-bond donors (Lipinski definition) is 3. The van der Waals surface area contributed by atoms with Gasteiger partial charge >= 0.3 is 6.01 Å². The smallest absolute Gasteiger partial charge is 0.317 e. The lowest BCUT2D eigenvalue weighted by Crippen LogP contribution is -1.82. The van der Waals surface area contributed by atoms with Crippen molar-refractivity contribution in [2.45, 2.75) is 6.92 Å². The van der Waals surface area contributed by atoms with Gasteiger partial charge in [-0.05, 0) is 24.6 Å². The maximum absolute atomic E-state index is 9.62. The van der Waals surface area contributed by atoms with Gasteiger partial charge in [-0.1, -0.05) is 23.8 Å². The minimum absolute atomic E-state index is 0.253. The molecular formula is C13H11N3O2. The summed E-state index contributed by atoms with van der Waals surface area (Å²) in [5.41, 5.74) is 3.86. The van der Waals surface area contributed by atoms with Crippen molar-refractivity contribution in [2.24, 2.45) is 0 Å². The standard InChI is InChI=1S/C13H11N3O2/c1-7-3-2-4-8(5-7)9-6-10-11(14-9)12(17)16-13(18)15-10/h2-6,14H,1H3,(H2,15,16,17,18). The first-order chi connectivity index (χ1) is 8.63. The van der Waals surface area contributed by atoms with Crippen molar-refractivity contribution in [3.63, 3.8) is 0 Å². The summed E-state index contributed by atoms with van der Waals surface area (Å²) >= 11 is 0. The summed E-state index contributed by atoms with van der Waals surface area (Å²) in [4.78, 5) is 10.4. The van der Waals surface area contributed by atoms with E-state index in [9.17, 15) is 10.2 Å². The van der Waals surface area contributed by atoms with Crippen LogP contribution < -0.4 is 0 Å². The lowest BCUT2D eigenvalue weighted by molar-refractivity contribution is 0.403. The number of nitrogens with zero attached hydrogens (tertiary/aromatic N) is 2. The van der Waals surface area contributed by atoms with Crippen LogP contribution in [0.25, 0.3) is 22.3 Å². The molecule has 0 spiro atoms. The SMILES string of the molecule is Cc1cccc(-c2cc3nc(O)nc(O)c3[nH]2)c1. The van der Waals surface area contributed by atoms with E-state index >= 15 is 0 Å². The van der Waals surface area contributed by atoms with Crippen molar-refractivity contribution < 1.29 is 10.2 Å². The highest BCUT2D eigenvalue weighted by atomic mass is 16.3. The van der Waals surface area contributed by atoms with Gasteiger partial charge in [0.1, 0.15) is 5.52 Å². The van der Waals surface area contributed by atoms with Gasteiger partial charge in [0.15, 0.2) is 0 Å². The van der Waals surface area contributed by atoms with Crippen LogP contribution >= 0.6 is 0 Å². The van der Waals surface area contributed by atoms with Crippen LogP contribution in [0.5, 0.6) is 11.9 Å². The molecule has 0 saturated carbocycles. The summed E-state index contributed by atoms with van der Waals surface area (Å²) in [6, 6.07) is 9.28. The monoisotopic (exact) mass is 241 g/mol. The number of nitrogens with one attached hydrogen (secondary N) is 1. The zero-order valence-electron chi connectivity index (χ0n) is 9.68. The van der Waals surface area contributed by atoms with Gasteiger partial charge in [0, 0.05) is 5.69 Å². The van der Waals surface area contributed by atoms with Gasteiger partial charge in [0.2, 0.25) is 5.88 Å². The lowest BCUT2D eigenvalue weighted by Gasteiger charge is -1.98. The van der Waals surface area contributed by atoms with Crippen molar-refractivity contribution in [3.05, 3.63) is 35.9 Å². The van der Waals surface area contributed by atoms with Gasteiger partial charge in [-0.3, -0.25) is 0 Å². The Hall–Kier alpha value is -2.56. The molecule has 2 aromatic heterocycles. The summed E-state index contributed by atoms with van der Waals surface area (Å²) < 4.78 is 0. The topological polar surface area (TPSA) is 82.0 Å². The molecule has 3 aromatic rings. The number of aromatic nitrogens is 3. The average molecular weight is 241 g/mol. The third-order valence-electron chi connectivity index (χ3n) is 2.78. The normalized spacial score (nSPS) is 10.9. The van der Waals surface area contributed by atoms with E-state index < -0.39 is 6.01 Å². The molecule has 2 heterocycles. The molecule has 90 valence electrons. The molecule has 3 rings (SSSR count). The average Bonchev–Trinajstić information content (AvgIpc) is 2.73. The van der Waals surface area contributed by atoms with E-state index in [0.717, 1.165) is 16.8 Å². The summed E-state index contributed by atoms with van der Waals surface area (Å²) in [7, 11) is 0. The Kier molecular flexibility index (Phi) is 2.19. The van der Waals surface area contributed by atoms with Crippen LogP contribution in [0.15, 0.2) is 30.3 Å². The number of fused-ring (bicyclic) bond motifs is 1. The molecule has 18 heavy (non-hydrogen) atoms. The number of aromatic hydroxyl groups is 2. The Morgan fingerprint density at radius 3 is 2.72 bits per heavy atom. The molecule has 0 saturated heterocycles. The molecule has 0 aliphatic heterocycles. The number of aryl methyl sites for hydroxylation is 1. The molecule has 1 aromatic carbocycles. The van der Waals surface area contributed by atoms with Crippen molar-refractivity contribution in [2.75, 3.05) is 0 Å². The molecule has 0 fully saturated rings. The third kappa shape index (κ3) is 1.66. The van der Waals surface area contributed by atoms with Gasteiger partial charge in [0.05, 0.1) is 5.52 Å². The number of rotatable bonds is 1. The maximum Gasteiger partial charge on any atom is 0.317 e. The van der Waals surface area contributed by atoms with Crippen LogP contribution in [0.1, 0.15) is 5.56 Å². The van der Waals surface area contributed by atoms with E-state index in [0.29, 0.717) is 11.0 Å². The molecule has 0 amide bonds. The quantitative estimate of drug-likeness (QED) is 0.610. The summed E-state index contributed by atoms with van der Waals surface area (Å²) in [6.45, 7) is 2.01. The van der Waals surface area contributed by atoms with E-state index in [1.54, 1.807) is 6.07 Å². The number of benzene rings is 1. The maximum atomic E-state index is 9.62. The fraction of sp³-hybridized carbons (Fsp3) is 0.0769. The van der Waals surface area contributed by atoms with Crippen LogP contribution in [-0.2, 0) is 0 Å². The van der Waals surface area contributed by atoms with E-state index in [2.05, 4.69) is 15.0 Å². The van der Waals surface area contributed by atoms with Gasteiger partial charge in [-0.15, -0.1) is 0 Å². The van der Waals surface area contributed by atoms with Crippen molar-refractivity contribution >= 4 is 11.0 Å². The second kappa shape index (κ2) is 3.73. The third-order valence-corrected chi connectivity index (χ3v) is 2.78. The van der Waals surface area contributed by atoms with Crippen molar-refractivity contribution in [1.29, 1.82) is 0 Å². The van der Waals surface area contributed by atoms with E-state index in [1.807, 2.05) is 31.2 Å². The Labute approximate surface area is 103 Å². The Bertz CT molecular complexity index is 734. The molecule has 5 nitrogen and oxygen atoms in total. The van der Waals surface area contributed by atoms with Crippen LogP contribution in [0.3, 0.4) is 0 Å². The zero-order chi connectivity index (χ0) is 12.7. The second-order valence-corrected chi connectivity index (χ2v) is 4.16. The van der Waals surface area contributed by atoms with E-state index in [1.165, 1.54) is 0 Å². The zero-order valence-corrected chi connectivity index (χ0v) is 9.68. The summed E-state index contributed by atoms with van der Waals surface area (Å²) in [6.07, 6.45) is 0. The molecule has 0 aliphatic carbocycles. The van der Waals surface area contributed by atoms with Gasteiger partial charge in [0.25, 0.3) is 0 Å². The first-order valence-corrected chi connectivity index (χ1v) is 5.49. The van der Waals surface area contributed by atoms with Crippen LogP contribution in [-0.4, -0.2) is 25.2 Å². The lowest BCUT2D eigenvalue weighted by atomic mass is 10.1. The molecule has 0 atom stereocenters. The molecular weight excluding hydrogens is 230 g/mol. The largest absolute Gasteiger partial charge is 0.492 e. The Morgan fingerprint density at radius 2 is 1.94 bits per heavy atom. The number of aromatic amines is 1. The molecule has 0 aliphatic rings. The highest BCUT2D eigenvalue weighted by molar-refractivity contribution is 5.86. The summed E-state index contributed by atoms with van der Waals surface area (Å²) in [5.74, 6) is -0.253. The molecule has 0 unspecified atom stereocenters. The number of H-pyrrole nitrogens is 1. The molecule has 0 radical (unpaired) electrons. The minimum atomic E-state index is -0.435. The van der Waals surface area contributed by atoms with Crippen LogP contribution in [0.4, 0.5) is 0 Å². The molecule has 0 bridgehead atoms. The Morgan fingerprint density at radius 1 is 1.11 bits per heavy atom. The van der Waals surface area contributed by atoms with Gasteiger partial charge < -0.3 is 15.2 Å². The van der Waals surface area contributed by atoms with Gasteiger partial charge in [-0.25, -0.2) is 0 Å². The van der Waals surface area contributed by atoms with Crippen LogP contribution in [0.2, 0.25) is 0 Å². The van der Waals surface area contributed by atoms with Crippen molar-refractivity contribution in [1.82, 2.24) is 15.0 Å². The highest BCUT2D eigenvalue weighted by Crippen LogP contribution is 2.28. The van der Waals surface area contributed by atoms with E-state index in [-0.39, 0.29) is 5.88 Å². The fourth-order valence-corrected chi connectivity index (χ4v) is 1.95. The minimum Gasteiger partial charge on any atom is -0.492 e. The fourth-order valence-electron chi connectivity index (χ4n) is 1.95.